The van der Waals surface area contributed by atoms with Gasteiger partial charge in [0.1, 0.15) is 5.54 Å². The van der Waals surface area contributed by atoms with Gasteiger partial charge in [-0.25, -0.2) is 0 Å². The molecule has 0 atom stereocenters. The van der Waals surface area contributed by atoms with Gasteiger partial charge in [0, 0.05) is 0 Å². The van der Waals surface area contributed by atoms with E-state index in [4.69, 9.17) is 8.83 Å². The van der Waals surface area contributed by atoms with Gasteiger partial charge in [0.2, 0.25) is 11.8 Å². The number of rotatable bonds is 8. The maximum atomic E-state index is 12.4. The van der Waals surface area contributed by atoms with Crippen LogP contribution in [0.5, 0.6) is 0 Å². The molecule has 3 rings (SSSR count). The monoisotopic (exact) mass is 357 g/mol. The van der Waals surface area contributed by atoms with Crippen LogP contribution < -0.4 is 5.32 Å². The number of carbonyl (C=O) groups is 1. The Balaban J connectivity index is 1.60. The molecule has 0 spiro atoms. The van der Waals surface area contributed by atoms with Gasteiger partial charge in [-0.2, -0.15) is 5.26 Å². The predicted octanol–water partition coefficient (Wildman–Crippen LogP) is 2.49. The lowest BCUT2D eigenvalue weighted by atomic mass is 10.00. The molecule has 1 saturated carbocycles. The summed E-state index contributed by atoms with van der Waals surface area (Å²) in [5.41, 5.74) is -0.702. The molecule has 1 fully saturated rings. The van der Waals surface area contributed by atoms with Crippen molar-refractivity contribution < 1.29 is 13.6 Å². The summed E-state index contributed by atoms with van der Waals surface area (Å²) in [6, 6.07) is 5.78. The zero-order valence-electron chi connectivity index (χ0n) is 14.9. The van der Waals surface area contributed by atoms with Gasteiger partial charge < -0.3 is 14.2 Å². The zero-order chi connectivity index (χ0) is 18.4. The van der Waals surface area contributed by atoms with E-state index >= 15 is 0 Å². The van der Waals surface area contributed by atoms with Crippen molar-refractivity contribution in [2.75, 3.05) is 13.1 Å². The number of aromatic nitrogens is 2. The molecule has 0 aromatic carbocycles. The molecule has 1 amide bonds. The summed E-state index contributed by atoms with van der Waals surface area (Å²) in [5.74, 6) is 1.11. The summed E-state index contributed by atoms with van der Waals surface area (Å²) in [4.78, 5) is 14.4. The SMILES string of the molecule is CCCN(CC(=O)NC1(C#N)CCCC1)Cc1nnc(-c2ccco2)o1. The Bertz CT molecular complexity index is 756. The molecule has 0 radical (unpaired) electrons. The molecule has 8 nitrogen and oxygen atoms in total. The van der Waals surface area contributed by atoms with E-state index in [0.717, 1.165) is 32.1 Å². The number of hydrogen-bond donors (Lipinski definition) is 1. The first-order chi connectivity index (χ1) is 12.6. The summed E-state index contributed by atoms with van der Waals surface area (Å²) in [7, 11) is 0. The van der Waals surface area contributed by atoms with E-state index in [0.29, 0.717) is 30.6 Å². The van der Waals surface area contributed by atoms with Gasteiger partial charge in [0.25, 0.3) is 5.89 Å². The molecule has 0 aliphatic heterocycles. The van der Waals surface area contributed by atoms with E-state index in [1.165, 1.54) is 0 Å². The van der Waals surface area contributed by atoms with Crippen molar-refractivity contribution >= 4 is 5.91 Å². The average Bonchev–Trinajstić information content (AvgIpc) is 3.36. The van der Waals surface area contributed by atoms with Crippen LogP contribution in [0.25, 0.3) is 11.7 Å². The number of nitrogens with one attached hydrogen (secondary N) is 1. The van der Waals surface area contributed by atoms with E-state index in [-0.39, 0.29) is 12.5 Å². The van der Waals surface area contributed by atoms with Gasteiger partial charge >= 0.3 is 0 Å². The smallest absolute Gasteiger partial charge is 0.283 e. The van der Waals surface area contributed by atoms with Gasteiger partial charge in [0.15, 0.2) is 5.76 Å². The number of hydrogen-bond acceptors (Lipinski definition) is 7. The highest BCUT2D eigenvalue weighted by molar-refractivity contribution is 5.79. The predicted molar refractivity (Wildman–Crippen MR) is 92.5 cm³/mol. The van der Waals surface area contributed by atoms with Gasteiger partial charge in [-0.05, 0) is 50.8 Å². The Morgan fingerprint density at radius 3 is 2.88 bits per heavy atom. The minimum absolute atomic E-state index is 0.146. The van der Waals surface area contributed by atoms with E-state index in [2.05, 4.69) is 21.6 Å². The van der Waals surface area contributed by atoms with Gasteiger partial charge in [0.05, 0.1) is 25.4 Å². The van der Waals surface area contributed by atoms with Crippen LogP contribution in [-0.4, -0.2) is 39.6 Å². The Kier molecular flexibility index (Phi) is 5.68. The van der Waals surface area contributed by atoms with Gasteiger partial charge in [-0.1, -0.05) is 6.92 Å². The molecule has 0 bridgehead atoms. The van der Waals surface area contributed by atoms with Crippen LogP contribution >= 0.6 is 0 Å². The third-order valence-corrected chi connectivity index (χ3v) is 4.51. The first kappa shape index (κ1) is 18.1. The van der Waals surface area contributed by atoms with Crippen LogP contribution in [0.2, 0.25) is 0 Å². The second-order valence-electron chi connectivity index (χ2n) is 6.64. The Morgan fingerprint density at radius 1 is 1.42 bits per heavy atom. The zero-order valence-corrected chi connectivity index (χ0v) is 14.9. The maximum Gasteiger partial charge on any atom is 0.283 e. The lowest BCUT2D eigenvalue weighted by Crippen LogP contribution is -2.49. The minimum Gasteiger partial charge on any atom is -0.459 e. The lowest BCUT2D eigenvalue weighted by Gasteiger charge is -2.25. The summed E-state index contributed by atoms with van der Waals surface area (Å²) < 4.78 is 10.9. The molecule has 26 heavy (non-hydrogen) atoms. The molecule has 138 valence electrons. The van der Waals surface area contributed by atoms with Crippen LogP contribution in [0.15, 0.2) is 27.2 Å². The molecule has 2 aromatic heterocycles. The van der Waals surface area contributed by atoms with Gasteiger partial charge in [-0.3, -0.25) is 9.69 Å². The Morgan fingerprint density at radius 2 is 2.23 bits per heavy atom. The van der Waals surface area contributed by atoms with Crippen molar-refractivity contribution in [2.45, 2.75) is 51.1 Å². The maximum absolute atomic E-state index is 12.4. The topological polar surface area (TPSA) is 108 Å². The van der Waals surface area contributed by atoms with E-state index < -0.39 is 5.54 Å². The van der Waals surface area contributed by atoms with Crippen molar-refractivity contribution in [1.29, 1.82) is 5.26 Å². The van der Waals surface area contributed by atoms with Crippen molar-refractivity contribution in [2.24, 2.45) is 0 Å². The van der Waals surface area contributed by atoms with Crippen LogP contribution in [-0.2, 0) is 11.3 Å². The van der Waals surface area contributed by atoms with Crippen LogP contribution in [0, 0.1) is 11.3 Å². The van der Waals surface area contributed by atoms with E-state index in [9.17, 15) is 10.1 Å². The molecule has 8 heteroatoms. The van der Waals surface area contributed by atoms with Crippen LogP contribution in [0.4, 0.5) is 0 Å². The van der Waals surface area contributed by atoms with Crippen molar-refractivity contribution in [3.05, 3.63) is 24.3 Å². The summed E-state index contributed by atoms with van der Waals surface area (Å²) >= 11 is 0. The fraction of sp³-hybridized carbons (Fsp3) is 0.556. The van der Waals surface area contributed by atoms with Crippen molar-refractivity contribution in [3.8, 4) is 17.7 Å². The number of nitriles is 1. The van der Waals surface area contributed by atoms with Crippen molar-refractivity contribution in [3.63, 3.8) is 0 Å². The normalized spacial score (nSPS) is 15.9. The Labute approximate surface area is 152 Å². The fourth-order valence-electron chi connectivity index (χ4n) is 3.29. The number of furan rings is 1. The first-order valence-electron chi connectivity index (χ1n) is 8.95. The summed E-state index contributed by atoms with van der Waals surface area (Å²) in [5, 5.41) is 20.3. The van der Waals surface area contributed by atoms with E-state index in [1.54, 1.807) is 18.4 Å². The molecule has 2 aromatic rings. The number of nitrogens with zero attached hydrogens (tertiary/aromatic N) is 4. The highest BCUT2D eigenvalue weighted by Gasteiger charge is 2.35. The highest BCUT2D eigenvalue weighted by Crippen LogP contribution is 2.28. The first-order valence-corrected chi connectivity index (χ1v) is 8.95. The van der Waals surface area contributed by atoms with E-state index in [1.807, 2.05) is 11.8 Å². The molecule has 1 aliphatic rings. The standard InChI is InChI=1S/C18H23N5O3/c1-2-9-23(11-15(24)20-18(13-19)7-3-4-8-18)12-16-21-22-17(26-16)14-6-5-10-25-14/h5-6,10H,2-4,7-9,11-12H2,1H3,(H,20,24). The summed E-state index contributed by atoms with van der Waals surface area (Å²) in [6.07, 6.45) is 5.82. The fourth-order valence-corrected chi connectivity index (χ4v) is 3.29. The van der Waals surface area contributed by atoms with Crippen LogP contribution in [0.1, 0.15) is 44.9 Å². The largest absolute Gasteiger partial charge is 0.459 e. The molecule has 2 heterocycles. The molecular formula is C18H23N5O3. The lowest BCUT2D eigenvalue weighted by molar-refractivity contribution is -0.123. The molecule has 0 unspecified atom stereocenters. The second kappa shape index (κ2) is 8.15. The van der Waals surface area contributed by atoms with Crippen LogP contribution in [0.3, 0.4) is 0 Å². The third kappa shape index (κ3) is 4.29. The third-order valence-electron chi connectivity index (χ3n) is 4.51. The average molecular weight is 357 g/mol. The number of amides is 1. The van der Waals surface area contributed by atoms with Crippen molar-refractivity contribution in [1.82, 2.24) is 20.4 Å². The minimum atomic E-state index is -0.702. The molecule has 0 saturated heterocycles. The molecule has 1 aliphatic carbocycles. The second-order valence-corrected chi connectivity index (χ2v) is 6.64. The molecular weight excluding hydrogens is 334 g/mol. The summed E-state index contributed by atoms with van der Waals surface area (Å²) in [6.45, 7) is 3.32. The highest BCUT2D eigenvalue weighted by atomic mass is 16.4. The van der Waals surface area contributed by atoms with Gasteiger partial charge in [-0.15, -0.1) is 10.2 Å². The number of carbonyl (C=O) groups excluding carboxylic acids is 1. The molecule has 1 N–H and O–H groups in total. The quantitative estimate of drug-likeness (QED) is 0.773. The Hall–Kier alpha value is -2.66.